The quantitative estimate of drug-likeness (QED) is 0.374. The van der Waals surface area contributed by atoms with Crippen LogP contribution in [0.5, 0.6) is 11.6 Å². The van der Waals surface area contributed by atoms with E-state index in [-0.39, 0.29) is 0 Å². The van der Waals surface area contributed by atoms with Crippen molar-refractivity contribution in [2.45, 2.75) is 6.42 Å². The molecule has 31 heavy (non-hydrogen) atoms. The normalized spacial score (nSPS) is 14.1. The van der Waals surface area contributed by atoms with Gasteiger partial charge in [-0.2, -0.15) is 0 Å². The van der Waals surface area contributed by atoms with Crippen molar-refractivity contribution in [1.29, 1.82) is 0 Å². The summed E-state index contributed by atoms with van der Waals surface area (Å²) in [6.07, 6.45) is 0.896. The number of nitrogens with zero attached hydrogens (tertiary/aromatic N) is 3. The zero-order chi connectivity index (χ0) is 21.5. The van der Waals surface area contributed by atoms with Gasteiger partial charge in [0.05, 0.1) is 38.0 Å². The summed E-state index contributed by atoms with van der Waals surface area (Å²) in [4.78, 5) is 11.7. The molecule has 1 aliphatic rings. The number of nitrogen functional groups attached to an aromatic ring is 1. The van der Waals surface area contributed by atoms with Crippen LogP contribution in [0.3, 0.4) is 0 Å². The third-order valence-electron chi connectivity index (χ3n) is 5.03. The zero-order valence-corrected chi connectivity index (χ0v) is 17.6. The van der Waals surface area contributed by atoms with Gasteiger partial charge in [-0.1, -0.05) is 5.92 Å². The Labute approximate surface area is 182 Å². The van der Waals surface area contributed by atoms with Gasteiger partial charge in [0.1, 0.15) is 5.75 Å². The van der Waals surface area contributed by atoms with Gasteiger partial charge in [0.15, 0.2) is 5.69 Å². The van der Waals surface area contributed by atoms with Crippen LogP contribution >= 0.6 is 0 Å². The molecule has 0 radical (unpaired) electrons. The molecule has 0 aliphatic carbocycles. The average Bonchev–Trinajstić information content (AvgIpc) is 2.81. The third kappa shape index (κ3) is 5.63. The van der Waals surface area contributed by atoms with E-state index in [2.05, 4.69) is 26.7 Å². The lowest BCUT2D eigenvalue weighted by atomic mass is 10.2. The summed E-state index contributed by atoms with van der Waals surface area (Å²) in [5.74, 6) is 7.48. The van der Waals surface area contributed by atoms with Crippen molar-refractivity contribution >= 4 is 16.7 Å². The van der Waals surface area contributed by atoms with Gasteiger partial charge in [0.2, 0.25) is 5.88 Å². The first kappa shape index (κ1) is 20.9. The largest absolute Gasteiger partial charge is 0.497 e. The Bertz CT molecular complexity index is 1080. The van der Waals surface area contributed by atoms with Crippen LogP contribution in [0.15, 0.2) is 42.5 Å². The van der Waals surface area contributed by atoms with Crippen LogP contribution in [-0.2, 0) is 4.74 Å². The van der Waals surface area contributed by atoms with Crippen LogP contribution in [0.2, 0.25) is 0 Å². The van der Waals surface area contributed by atoms with Gasteiger partial charge in [-0.05, 0) is 54.8 Å². The molecule has 1 aliphatic heterocycles. The zero-order valence-electron chi connectivity index (χ0n) is 17.6. The lowest BCUT2D eigenvalue weighted by Gasteiger charge is -2.26. The fraction of sp³-hybridized carbons (Fsp3) is 0.333. The number of nitrogens with two attached hydrogens (primary N) is 1. The van der Waals surface area contributed by atoms with Gasteiger partial charge < -0.3 is 19.9 Å². The second kappa shape index (κ2) is 10.1. The molecule has 0 saturated carbocycles. The molecule has 0 atom stereocenters. The predicted octanol–water partition coefficient (Wildman–Crippen LogP) is 2.72. The smallest absolute Gasteiger partial charge is 0.249 e. The maximum atomic E-state index is 6.01. The first-order chi connectivity index (χ1) is 15.2. The Morgan fingerprint density at radius 2 is 1.84 bits per heavy atom. The maximum absolute atomic E-state index is 6.01. The molecule has 7 nitrogen and oxygen atoms in total. The second-order valence-electron chi connectivity index (χ2n) is 7.26. The number of benzene rings is 2. The number of hydrogen-bond donors (Lipinski definition) is 1. The van der Waals surface area contributed by atoms with Gasteiger partial charge in [0, 0.05) is 30.9 Å². The number of rotatable bonds is 6. The topological polar surface area (TPSA) is 82.7 Å². The lowest BCUT2D eigenvalue weighted by molar-refractivity contribution is 0.0357. The van der Waals surface area contributed by atoms with Crippen LogP contribution in [0.25, 0.3) is 11.0 Å². The highest BCUT2D eigenvalue weighted by molar-refractivity contribution is 5.79. The first-order valence-electron chi connectivity index (χ1n) is 10.4. The summed E-state index contributed by atoms with van der Waals surface area (Å²) in [7, 11) is 1.64. The van der Waals surface area contributed by atoms with Crippen molar-refractivity contribution in [1.82, 2.24) is 14.9 Å². The molecule has 0 spiro atoms. The summed E-state index contributed by atoms with van der Waals surface area (Å²) in [5.41, 5.74) is 9.33. The first-order valence-corrected chi connectivity index (χ1v) is 10.4. The van der Waals surface area contributed by atoms with Crippen LogP contribution in [0.1, 0.15) is 17.7 Å². The highest BCUT2D eigenvalue weighted by Gasteiger charge is 2.12. The molecule has 1 saturated heterocycles. The molecule has 160 valence electrons. The number of methoxy groups -OCH3 is 1. The van der Waals surface area contributed by atoms with Crippen molar-refractivity contribution in [3.8, 4) is 23.5 Å². The van der Waals surface area contributed by atoms with E-state index in [9.17, 15) is 0 Å². The molecule has 0 bridgehead atoms. The highest BCUT2D eigenvalue weighted by atomic mass is 16.5. The van der Waals surface area contributed by atoms with Crippen LogP contribution in [0, 0.1) is 11.8 Å². The van der Waals surface area contributed by atoms with Gasteiger partial charge in [-0.25, -0.2) is 9.97 Å². The second-order valence-corrected chi connectivity index (χ2v) is 7.26. The van der Waals surface area contributed by atoms with Crippen molar-refractivity contribution < 1.29 is 14.2 Å². The molecule has 2 N–H and O–H groups in total. The van der Waals surface area contributed by atoms with E-state index < -0.39 is 0 Å². The minimum absolute atomic E-state index is 0.445. The van der Waals surface area contributed by atoms with Crippen molar-refractivity contribution in [3.63, 3.8) is 0 Å². The third-order valence-corrected chi connectivity index (χ3v) is 5.03. The van der Waals surface area contributed by atoms with E-state index in [1.807, 2.05) is 36.4 Å². The molecular formula is C24H26N4O3. The van der Waals surface area contributed by atoms with Crippen molar-refractivity contribution in [3.05, 3.63) is 53.7 Å². The molecule has 0 amide bonds. The number of hydrogen-bond acceptors (Lipinski definition) is 7. The number of morpholine rings is 1. The number of aromatic nitrogens is 2. The van der Waals surface area contributed by atoms with Crippen LogP contribution in [-0.4, -0.2) is 61.4 Å². The Kier molecular flexibility index (Phi) is 6.82. The molecule has 3 aromatic rings. The van der Waals surface area contributed by atoms with E-state index in [4.69, 9.17) is 19.9 Å². The van der Waals surface area contributed by atoms with E-state index >= 15 is 0 Å². The standard InChI is InChI=1S/C24H26N4O3/c1-29-20-7-3-18(4-8-20)5-9-22-24(27-21-10-6-19(25)17-23(21)26-22)31-14-2-11-28-12-15-30-16-13-28/h3-4,6-8,10,17H,2,11-16,25H2,1H3. The summed E-state index contributed by atoms with van der Waals surface area (Å²) in [5, 5.41) is 0. The van der Waals surface area contributed by atoms with E-state index in [0.717, 1.165) is 56.1 Å². The van der Waals surface area contributed by atoms with E-state index in [1.54, 1.807) is 13.2 Å². The maximum Gasteiger partial charge on any atom is 0.249 e. The average molecular weight is 418 g/mol. The minimum Gasteiger partial charge on any atom is -0.497 e. The molecule has 1 fully saturated rings. The Hall–Kier alpha value is -3.34. The van der Waals surface area contributed by atoms with Crippen molar-refractivity contribution in [2.75, 3.05) is 52.3 Å². The molecule has 2 aromatic carbocycles. The van der Waals surface area contributed by atoms with Gasteiger partial charge in [-0.15, -0.1) is 0 Å². The van der Waals surface area contributed by atoms with Gasteiger partial charge in [-0.3, -0.25) is 4.90 Å². The SMILES string of the molecule is COc1ccc(C#Cc2nc3cc(N)ccc3nc2OCCCN2CCOCC2)cc1. The summed E-state index contributed by atoms with van der Waals surface area (Å²) in [6, 6.07) is 13.0. The Morgan fingerprint density at radius 3 is 2.61 bits per heavy atom. The van der Waals surface area contributed by atoms with Crippen LogP contribution < -0.4 is 15.2 Å². The van der Waals surface area contributed by atoms with E-state index in [1.165, 1.54) is 0 Å². The minimum atomic E-state index is 0.445. The number of anilines is 1. The van der Waals surface area contributed by atoms with Crippen molar-refractivity contribution in [2.24, 2.45) is 0 Å². The van der Waals surface area contributed by atoms with E-state index in [0.29, 0.717) is 29.4 Å². The lowest BCUT2D eigenvalue weighted by Crippen LogP contribution is -2.37. The number of fused-ring (bicyclic) bond motifs is 1. The van der Waals surface area contributed by atoms with Gasteiger partial charge in [0.25, 0.3) is 0 Å². The Balaban J connectivity index is 1.52. The fourth-order valence-corrected chi connectivity index (χ4v) is 3.32. The molecule has 7 heteroatoms. The fourth-order valence-electron chi connectivity index (χ4n) is 3.32. The monoisotopic (exact) mass is 418 g/mol. The summed E-state index contributed by atoms with van der Waals surface area (Å²) < 4.78 is 16.6. The Morgan fingerprint density at radius 1 is 1.03 bits per heavy atom. The molecule has 2 heterocycles. The predicted molar refractivity (Wildman–Crippen MR) is 120 cm³/mol. The summed E-state index contributed by atoms with van der Waals surface area (Å²) >= 11 is 0. The molecule has 4 rings (SSSR count). The highest BCUT2D eigenvalue weighted by Crippen LogP contribution is 2.21. The molecule has 0 unspecified atom stereocenters. The summed E-state index contributed by atoms with van der Waals surface area (Å²) in [6.45, 7) is 5.04. The number of ether oxygens (including phenoxy) is 3. The van der Waals surface area contributed by atoms with Crippen LogP contribution in [0.4, 0.5) is 5.69 Å². The molecular weight excluding hydrogens is 392 g/mol. The van der Waals surface area contributed by atoms with Gasteiger partial charge >= 0.3 is 0 Å². The molecule has 1 aromatic heterocycles.